The maximum absolute atomic E-state index is 12.1. The molecule has 2 N–H and O–H groups in total. The van der Waals surface area contributed by atoms with Crippen LogP contribution in [0.1, 0.15) is 17.5 Å². The van der Waals surface area contributed by atoms with E-state index >= 15 is 0 Å². The van der Waals surface area contributed by atoms with Gasteiger partial charge in [-0.1, -0.05) is 6.07 Å². The predicted octanol–water partition coefficient (Wildman–Crippen LogP) is 1.41. The van der Waals surface area contributed by atoms with E-state index in [1.54, 1.807) is 20.1 Å². The SMILES string of the molecule is COCCCNS(=O)(=O)c1ccc(C=CC(=O)O)c(C)c1. The summed E-state index contributed by atoms with van der Waals surface area (Å²) >= 11 is 0. The first-order valence-electron chi connectivity index (χ1n) is 6.37. The molecule has 0 bridgehead atoms. The molecule has 0 aromatic heterocycles. The molecule has 0 saturated heterocycles. The van der Waals surface area contributed by atoms with E-state index in [2.05, 4.69) is 4.72 Å². The quantitative estimate of drug-likeness (QED) is 0.559. The van der Waals surface area contributed by atoms with Crippen LogP contribution in [-0.4, -0.2) is 39.8 Å². The zero-order valence-electron chi connectivity index (χ0n) is 12.0. The summed E-state index contributed by atoms with van der Waals surface area (Å²) in [5.74, 6) is -1.05. The van der Waals surface area contributed by atoms with Crippen LogP contribution < -0.4 is 4.72 Å². The van der Waals surface area contributed by atoms with Crippen molar-refractivity contribution in [1.29, 1.82) is 0 Å². The Kier molecular flexibility index (Phi) is 6.54. The van der Waals surface area contributed by atoms with Gasteiger partial charge in [0.15, 0.2) is 0 Å². The Hall–Kier alpha value is -1.70. The van der Waals surface area contributed by atoms with Gasteiger partial charge >= 0.3 is 5.97 Å². The first kappa shape index (κ1) is 17.4. The minimum atomic E-state index is -3.56. The zero-order chi connectivity index (χ0) is 15.9. The molecule has 0 aliphatic rings. The van der Waals surface area contributed by atoms with Crippen molar-refractivity contribution in [3.63, 3.8) is 0 Å². The van der Waals surface area contributed by atoms with Crippen LogP contribution in [-0.2, 0) is 19.6 Å². The molecule has 0 atom stereocenters. The summed E-state index contributed by atoms with van der Waals surface area (Å²) in [5.41, 5.74) is 1.35. The average Bonchev–Trinajstić information content (AvgIpc) is 2.42. The highest BCUT2D eigenvalue weighted by molar-refractivity contribution is 7.89. The number of benzene rings is 1. The van der Waals surface area contributed by atoms with Crippen molar-refractivity contribution in [2.75, 3.05) is 20.3 Å². The van der Waals surface area contributed by atoms with Crippen molar-refractivity contribution in [3.05, 3.63) is 35.4 Å². The third-order valence-electron chi connectivity index (χ3n) is 2.77. The van der Waals surface area contributed by atoms with E-state index in [1.807, 2.05) is 0 Å². The first-order valence-corrected chi connectivity index (χ1v) is 7.85. The summed E-state index contributed by atoms with van der Waals surface area (Å²) in [6.07, 6.45) is 3.04. The molecule has 0 aliphatic carbocycles. The smallest absolute Gasteiger partial charge is 0.328 e. The molecule has 0 amide bonds. The van der Waals surface area contributed by atoms with E-state index < -0.39 is 16.0 Å². The van der Waals surface area contributed by atoms with Gasteiger partial charge in [0.05, 0.1) is 4.90 Å². The molecule has 116 valence electrons. The number of hydrogen-bond donors (Lipinski definition) is 2. The second kappa shape index (κ2) is 7.92. The zero-order valence-corrected chi connectivity index (χ0v) is 12.8. The number of aryl methyl sites for hydroxylation is 1. The fourth-order valence-electron chi connectivity index (χ4n) is 1.67. The van der Waals surface area contributed by atoms with Gasteiger partial charge in [-0.2, -0.15) is 0 Å². The minimum Gasteiger partial charge on any atom is -0.478 e. The van der Waals surface area contributed by atoms with Crippen molar-refractivity contribution in [3.8, 4) is 0 Å². The highest BCUT2D eigenvalue weighted by atomic mass is 32.2. The second-order valence-corrected chi connectivity index (χ2v) is 6.20. The van der Waals surface area contributed by atoms with Crippen LogP contribution in [0.15, 0.2) is 29.2 Å². The van der Waals surface area contributed by atoms with Crippen LogP contribution in [0.3, 0.4) is 0 Å². The van der Waals surface area contributed by atoms with Crippen LogP contribution in [0.25, 0.3) is 6.08 Å². The van der Waals surface area contributed by atoms with E-state index in [4.69, 9.17) is 9.84 Å². The monoisotopic (exact) mass is 313 g/mol. The Morgan fingerprint density at radius 1 is 1.43 bits per heavy atom. The molecule has 1 rings (SSSR count). The standard InChI is InChI=1S/C14H19NO5S/c1-11-10-13(6-4-12(11)5-7-14(16)17)21(18,19)15-8-3-9-20-2/h4-7,10,15H,3,8-9H2,1-2H3,(H,16,17). The largest absolute Gasteiger partial charge is 0.478 e. The summed E-state index contributed by atoms with van der Waals surface area (Å²) in [7, 11) is -2.00. The molecule has 0 saturated carbocycles. The summed E-state index contributed by atoms with van der Waals surface area (Å²) in [6.45, 7) is 2.52. The van der Waals surface area contributed by atoms with Gasteiger partial charge in [-0.25, -0.2) is 17.9 Å². The van der Waals surface area contributed by atoms with Crippen molar-refractivity contribution in [2.24, 2.45) is 0 Å². The van der Waals surface area contributed by atoms with Crippen molar-refractivity contribution in [2.45, 2.75) is 18.2 Å². The number of methoxy groups -OCH3 is 1. The highest BCUT2D eigenvalue weighted by Crippen LogP contribution is 2.16. The second-order valence-electron chi connectivity index (χ2n) is 4.43. The van der Waals surface area contributed by atoms with Gasteiger partial charge in [-0.05, 0) is 42.7 Å². The third-order valence-corrected chi connectivity index (χ3v) is 4.23. The lowest BCUT2D eigenvalue weighted by Gasteiger charge is -2.08. The molecule has 1 aromatic rings. The molecule has 1 aromatic carbocycles. The van der Waals surface area contributed by atoms with Gasteiger partial charge in [-0.15, -0.1) is 0 Å². The number of carboxylic acid groups (broad SMARTS) is 1. The topological polar surface area (TPSA) is 92.7 Å². The maximum Gasteiger partial charge on any atom is 0.328 e. The van der Waals surface area contributed by atoms with Crippen molar-refractivity contribution < 1.29 is 23.1 Å². The fourth-order valence-corrected chi connectivity index (χ4v) is 2.83. The number of nitrogens with one attached hydrogen (secondary N) is 1. The van der Waals surface area contributed by atoms with E-state index in [0.29, 0.717) is 30.7 Å². The third kappa shape index (κ3) is 5.66. The summed E-state index contributed by atoms with van der Waals surface area (Å²) in [6, 6.07) is 4.55. The van der Waals surface area contributed by atoms with Gasteiger partial charge in [0, 0.05) is 26.3 Å². The first-order chi connectivity index (χ1) is 9.86. The number of sulfonamides is 1. The Labute approximate surface area is 124 Å². The summed E-state index contributed by atoms with van der Waals surface area (Å²) in [5, 5.41) is 8.59. The molecule has 6 nitrogen and oxygen atoms in total. The molecule has 21 heavy (non-hydrogen) atoms. The molecule has 0 unspecified atom stereocenters. The number of rotatable bonds is 8. The van der Waals surface area contributed by atoms with Gasteiger partial charge in [0.1, 0.15) is 0 Å². The van der Waals surface area contributed by atoms with E-state index in [1.165, 1.54) is 18.2 Å². The molecular formula is C14H19NO5S. The summed E-state index contributed by atoms with van der Waals surface area (Å²) < 4.78 is 31.5. The molecule has 7 heteroatoms. The predicted molar refractivity (Wildman–Crippen MR) is 79.5 cm³/mol. The normalized spacial score (nSPS) is 11.9. The molecular weight excluding hydrogens is 294 g/mol. The van der Waals surface area contributed by atoms with E-state index in [-0.39, 0.29) is 4.90 Å². The van der Waals surface area contributed by atoms with Crippen LogP contribution in [0.2, 0.25) is 0 Å². The number of carboxylic acids is 1. The number of hydrogen-bond acceptors (Lipinski definition) is 4. The van der Waals surface area contributed by atoms with Crippen LogP contribution in [0.5, 0.6) is 0 Å². The number of ether oxygens (including phenoxy) is 1. The van der Waals surface area contributed by atoms with Crippen LogP contribution in [0, 0.1) is 6.92 Å². The van der Waals surface area contributed by atoms with Crippen molar-refractivity contribution in [1.82, 2.24) is 4.72 Å². The lowest BCUT2D eigenvalue weighted by Crippen LogP contribution is -2.25. The Morgan fingerprint density at radius 3 is 2.71 bits per heavy atom. The maximum atomic E-state index is 12.1. The number of carbonyl (C=O) groups is 1. The number of aliphatic carboxylic acids is 1. The van der Waals surface area contributed by atoms with Gasteiger partial charge in [-0.3, -0.25) is 0 Å². The van der Waals surface area contributed by atoms with Gasteiger partial charge < -0.3 is 9.84 Å². The van der Waals surface area contributed by atoms with Crippen LogP contribution in [0.4, 0.5) is 0 Å². The Bertz CT molecular complexity index is 622. The van der Waals surface area contributed by atoms with Gasteiger partial charge in [0.2, 0.25) is 10.0 Å². The Morgan fingerprint density at radius 2 is 2.14 bits per heavy atom. The molecule has 0 fully saturated rings. The lowest BCUT2D eigenvalue weighted by atomic mass is 10.1. The van der Waals surface area contributed by atoms with Gasteiger partial charge in [0.25, 0.3) is 0 Å². The minimum absolute atomic E-state index is 0.157. The highest BCUT2D eigenvalue weighted by Gasteiger charge is 2.14. The molecule has 0 aliphatic heterocycles. The molecule has 0 heterocycles. The Balaban J connectivity index is 2.84. The van der Waals surface area contributed by atoms with E-state index in [0.717, 1.165) is 6.08 Å². The van der Waals surface area contributed by atoms with Crippen LogP contribution >= 0.6 is 0 Å². The molecule has 0 radical (unpaired) electrons. The van der Waals surface area contributed by atoms with E-state index in [9.17, 15) is 13.2 Å². The lowest BCUT2D eigenvalue weighted by molar-refractivity contribution is -0.131. The fraction of sp³-hybridized carbons (Fsp3) is 0.357. The molecule has 0 spiro atoms. The average molecular weight is 313 g/mol. The van der Waals surface area contributed by atoms with Crippen molar-refractivity contribution >= 4 is 22.1 Å². The summed E-state index contributed by atoms with van der Waals surface area (Å²) in [4.78, 5) is 10.6.